The van der Waals surface area contributed by atoms with Gasteiger partial charge < -0.3 is 10.1 Å². The van der Waals surface area contributed by atoms with E-state index in [0.717, 1.165) is 18.7 Å². The Labute approximate surface area is 151 Å². The Bertz CT molecular complexity index is 735. The van der Waals surface area contributed by atoms with Crippen molar-refractivity contribution < 1.29 is 13.9 Å². The second-order valence-corrected chi connectivity index (χ2v) is 6.28. The minimum absolute atomic E-state index is 0.0439. The number of nitrogens with one attached hydrogen (secondary N) is 1. The summed E-state index contributed by atoms with van der Waals surface area (Å²) in [5.74, 6) is -0.955. The summed E-state index contributed by atoms with van der Waals surface area (Å²) in [6, 6.07) is 13.5. The molecule has 0 aromatic heterocycles. The molecule has 0 aliphatic carbocycles. The SMILES string of the molecule is O=C(NCC(c1ccccc1Cl)N1CCOCC1)c1ccccc1F. The van der Waals surface area contributed by atoms with Crippen LogP contribution in [0.5, 0.6) is 0 Å². The lowest BCUT2D eigenvalue weighted by Gasteiger charge is -2.35. The van der Waals surface area contributed by atoms with Gasteiger partial charge in [-0.2, -0.15) is 0 Å². The van der Waals surface area contributed by atoms with E-state index in [4.69, 9.17) is 16.3 Å². The Morgan fingerprint density at radius 2 is 1.84 bits per heavy atom. The summed E-state index contributed by atoms with van der Waals surface area (Å²) in [6.07, 6.45) is 0. The molecule has 4 nitrogen and oxygen atoms in total. The molecule has 1 N–H and O–H groups in total. The maximum Gasteiger partial charge on any atom is 0.254 e. The molecule has 0 bridgehead atoms. The van der Waals surface area contributed by atoms with E-state index in [-0.39, 0.29) is 11.6 Å². The van der Waals surface area contributed by atoms with Crippen molar-refractivity contribution in [2.24, 2.45) is 0 Å². The van der Waals surface area contributed by atoms with Crippen LogP contribution in [0.1, 0.15) is 22.0 Å². The Kier molecular flexibility index (Phi) is 6.02. The van der Waals surface area contributed by atoms with E-state index in [0.29, 0.717) is 24.8 Å². The molecular weight excluding hydrogens is 343 g/mol. The highest BCUT2D eigenvalue weighted by atomic mass is 35.5. The lowest BCUT2D eigenvalue weighted by atomic mass is 10.0. The van der Waals surface area contributed by atoms with Crippen LogP contribution in [0.2, 0.25) is 5.02 Å². The predicted octanol–water partition coefficient (Wildman–Crippen LogP) is 3.28. The summed E-state index contributed by atoms with van der Waals surface area (Å²) >= 11 is 6.37. The van der Waals surface area contributed by atoms with Gasteiger partial charge in [-0.05, 0) is 23.8 Å². The number of ether oxygens (including phenoxy) is 1. The van der Waals surface area contributed by atoms with Crippen LogP contribution in [0.4, 0.5) is 4.39 Å². The zero-order valence-corrected chi connectivity index (χ0v) is 14.5. The molecule has 1 aliphatic rings. The number of amides is 1. The fourth-order valence-corrected chi connectivity index (χ4v) is 3.26. The average molecular weight is 363 g/mol. The molecular formula is C19H20ClFN2O2. The summed E-state index contributed by atoms with van der Waals surface area (Å²) in [5.41, 5.74) is 0.988. The molecule has 1 aliphatic heterocycles. The number of hydrogen-bond acceptors (Lipinski definition) is 3. The molecule has 1 amide bonds. The molecule has 1 saturated heterocycles. The highest BCUT2D eigenvalue weighted by molar-refractivity contribution is 6.31. The molecule has 6 heteroatoms. The lowest BCUT2D eigenvalue weighted by molar-refractivity contribution is 0.0162. The highest BCUT2D eigenvalue weighted by Crippen LogP contribution is 2.27. The Morgan fingerprint density at radius 3 is 2.56 bits per heavy atom. The quantitative estimate of drug-likeness (QED) is 0.887. The molecule has 1 heterocycles. The number of rotatable bonds is 5. The van der Waals surface area contributed by atoms with Crippen molar-refractivity contribution in [2.45, 2.75) is 6.04 Å². The Balaban J connectivity index is 1.77. The van der Waals surface area contributed by atoms with E-state index in [1.165, 1.54) is 12.1 Å². The van der Waals surface area contributed by atoms with Crippen LogP contribution in [-0.2, 0) is 4.74 Å². The fourth-order valence-electron chi connectivity index (χ4n) is 3.00. The van der Waals surface area contributed by atoms with Crippen LogP contribution in [0.25, 0.3) is 0 Å². The average Bonchev–Trinajstić information content (AvgIpc) is 2.64. The molecule has 1 atom stereocenters. The summed E-state index contributed by atoms with van der Waals surface area (Å²) in [6.45, 7) is 3.14. The first kappa shape index (κ1) is 17.9. The monoisotopic (exact) mass is 362 g/mol. The second-order valence-electron chi connectivity index (χ2n) is 5.88. The van der Waals surface area contributed by atoms with Gasteiger partial charge in [-0.25, -0.2) is 4.39 Å². The summed E-state index contributed by atoms with van der Waals surface area (Å²) in [7, 11) is 0. The van der Waals surface area contributed by atoms with Crippen LogP contribution in [0, 0.1) is 5.82 Å². The zero-order chi connectivity index (χ0) is 17.6. The van der Waals surface area contributed by atoms with Gasteiger partial charge in [-0.15, -0.1) is 0 Å². The topological polar surface area (TPSA) is 41.6 Å². The first-order valence-electron chi connectivity index (χ1n) is 8.26. The molecule has 2 aromatic carbocycles. The van der Waals surface area contributed by atoms with Gasteiger partial charge in [0, 0.05) is 24.7 Å². The van der Waals surface area contributed by atoms with Gasteiger partial charge in [0.05, 0.1) is 24.8 Å². The van der Waals surface area contributed by atoms with Crippen molar-refractivity contribution in [3.8, 4) is 0 Å². The maximum atomic E-state index is 13.8. The maximum absolute atomic E-state index is 13.8. The van der Waals surface area contributed by atoms with Crippen molar-refractivity contribution in [3.05, 3.63) is 70.5 Å². The van der Waals surface area contributed by atoms with Gasteiger partial charge in [-0.3, -0.25) is 9.69 Å². The summed E-state index contributed by atoms with van der Waals surface area (Å²) in [5, 5.41) is 3.49. The van der Waals surface area contributed by atoms with Crippen molar-refractivity contribution in [1.82, 2.24) is 10.2 Å². The first-order chi connectivity index (χ1) is 12.2. The van der Waals surface area contributed by atoms with Crippen molar-refractivity contribution in [3.63, 3.8) is 0 Å². The van der Waals surface area contributed by atoms with E-state index >= 15 is 0 Å². The molecule has 0 spiro atoms. The smallest absolute Gasteiger partial charge is 0.254 e. The van der Waals surface area contributed by atoms with E-state index in [9.17, 15) is 9.18 Å². The third-order valence-electron chi connectivity index (χ3n) is 4.33. The van der Waals surface area contributed by atoms with Gasteiger partial charge in [0.25, 0.3) is 5.91 Å². The third kappa shape index (κ3) is 4.37. The summed E-state index contributed by atoms with van der Waals surface area (Å²) < 4.78 is 19.2. The zero-order valence-electron chi connectivity index (χ0n) is 13.8. The highest BCUT2D eigenvalue weighted by Gasteiger charge is 2.25. The van der Waals surface area contributed by atoms with Crippen molar-refractivity contribution >= 4 is 17.5 Å². The van der Waals surface area contributed by atoms with E-state index in [1.54, 1.807) is 12.1 Å². The minimum atomic E-state index is -0.527. The van der Waals surface area contributed by atoms with Crippen LogP contribution in [0.15, 0.2) is 48.5 Å². The lowest BCUT2D eigenvalue weighted by Crippen LogP contribution is -2.44. The van der Waals surface area contributed by atoms with Gasteiger partial charge in [0.15, 0.2) is 0 Å². The largest absolute Gasteiger partial charge is 0.379 e. The van der Waals surface area contributed by atoms with Crippen molar-refractivity contribution in [2.75, 3.05) is 32.8 Å². The van der Waals surface area contributed by atoms with Crippen LogP contribution in [0.3, 0.4) is 0 Å². The molecule has 3 rings (SSSR count). The summed E-state index contributed by atoms with van der Waals surface area (Å²) in [4.78, 5) is 14.6. The molecule has 0 radical (unpaired) electrons. The normalized spacial score (nSPS) is 16.4. The first-order valence-corrected chi connectivity index (χ1v) is 8.63. The minimum Gasteiger partial charge on any atom is -0.379 e. The molecule has 25 heavy (non-hydrogen) atoms. The molecule has 1 unspecified atom stereocenters. The van der Waals surface area contributed by atoms with Crippen molar-refractivity contribution in [1.29, 1.82) is 0 Å². The van der Waals surface area contributed by atoms with Gasteiger partial charge in [-0.1, -0.05) is 41.9 Å². The number of morpholine rings is 1. The number of hydrogen-bond donors (Lipinski definition) is 1. The van der Waals surface area contributed by atoms with Crippen LogP contribution >= 0.6 is 11.6 Å². The standard InChI is InChI=1S/C19H20ClFN2O2/c20-16-7-3-1-5-14(16)18(23-9-11-25-12-10-23)13-22-19(24)15-6-2-4-8-17(15)21/h1-8,18H,9-13H2,(H,22,24). The number of nitrogens with zero attached hydrogens (tertiary/aromatic N) is 1. The van der Waals surface area contributed by atoms with E-state index in [1.807, 2.05) is 24.3 Å². The Morgan fingerprint density at radius 1 is 1.16 bits per heavy atom. The number of carbonyl (C=O) groups excluding carboxylic acids is 1. The van der Waals surface area contributed by atoms with Gasteiger partial charge in [0.2, 0.25) is 0 Å². The van der Waals surface area contributed by atoms with E-state index in [2.05, 4.69) is 10.2 Å². The number of halogens is 2. The molecule has 0 saturated carbocycles. The number of benzene rings is 2. The van der Waals surface area contributed by atoms with Crippen LogP contribution in [-0.4, -0.2) is 43.7 Å². The van der Waals surface area contributed by atoms with E-state index < -0.39 is 11.7 Å². The third-order valence-corrected chi connectivity index (χ3v) is 4.67. The second kappa shape index (κ2) is 8.43. The number of carbonyl (C=O) groups is 1. The molecule has 2 aromatic rings. The van der Waals surface area contributed by atoms with Gasteiger partial charge >= 0.3 is 0 Å². The molecule has 1 fully saturated rings. The fraction of sp³-hybridized carbons (Fsp3) is 0.316. The van der Waals surface area contributed by atoms with Crippen LogP contribution < -0.4 is 5.32 Å². The van der Waals surface area contributed by atoms with Gasteiger partial charge in [0.1, 0.15) is 5.82 Å². The Hall–Kier alpha value is -1.95. The molecule has 132 valence electrons. The predicted molar refractivity (Wildman–Crippen MR) is 95.3 cm³/mol.